The van der Waals surface area contributed by atoms with Gasteiger partial charge in [-0.15, -0.1) is 0 Å². The molecule has 0 unspecified atom stereocenters. The molecule has 1 N–H and O–H groups in total. The Labute approximate surface area is 112 Å². The monoisotopic (exact) mass is 297 g/mol. The molecule has 0 aliphatic carbocycles. The third kappa shape index (κ3) is 5.37. The van der Waals surface area contributed by atoms with Gasteiger partial charge in [0, 0.05) is 22.6 Å². The Morgan fingerprint density at radius 3 is 2.76 bits per heavy atom. The highest BCUT2D eigenvalue weighted by Crippen LogP contribution is 2.23. The molecule has 17 heavy (non-hydrogen) atoms. The zero-order chi connectivity index (χ0) is 12.8. The minimum atomic E-state index is 0.461. The Morgan fingerprint density at radius 1 is 1.47 bits per heavy atom. The van der Waals surface area contributed by atoms with Gasteiger partial charge in [-0.1, -0.05) is 36.4 Å². The Morgan fingerprint density at radius 2 is 2.18 bits per heavy atom. The van der Waals surface area contributed by atoms with Crippen molar-refractivity contribution >= 4 is 15.9 Å². The molecule has 3 heteroatoms. The summed E-state index contributed by atoms with van der Waals surface area (Å²) >= 11 is 3.48. The van der Waals surface area contributed by atoms with Gasteiger partial charge < -0.3 is 10.1 Å². The molecule has 1 aromatic rings. The van der Waals surface area contributed by atoms with E-state index in [0.29, 0.717) is 12.6 Å². The van der Waals surface area contributed by atoms with E-state index in [1.54, 1.807) is 0 Å². The Bertz CT molecular complexity index is 388. The standard InChI is InChI=1S/C14H20BrNO/c1-10(2)9-17-14-6-5-13(15)7-12(14)8-16-11(3)4/h5-7,11,16H,1,8-9H2,2-4H3. The van der Waals surface area contributed by atoms with Gasteiger partial charge in [-0.2, -0.15) is 0 Å². The molecule has 0 atom stereocenters. The summed E-state index contributed by atoms with van der Waals surface area (Å²) in [4.78, 5) is 0. The molecule has 94 valence electrons. The summed E-state index contributed by atoms with van der Waals surface area (Å²) < 4.78 is 6.80. The minimum absolute atomic E-state index is 0.461. The van der Waals surface area contributed by atoms with E-state index in [1.807, 2.05) is 19.1 Å². The maximum Gasteiger partial charge on any atom is 0.124 e. The van der Waals surface area contributed by atoms with Crippen LogP contribution >= 0.6 is 15.9 Å². The summed E-state index contributed by atoms with van der Waals surface area (Å²) in [5, 5.41) is 3.39. The van der Waals surface area contributed by atoms with Crippen LogP contribution in [0.1, 0.15) is 26.3 Å². The van der Waals surface area contributed by atoms with Crippen molar-refractivity contribution in [1.29, 1.82) is 0 Å². The molecule has 0 aromatic heterocycles. The van der Waals surface area contributed by atoms with Crippen molar-refractivity contribution in [1.82, 2.24) is 5.32 Å². The van der Waals surface area contributed by atoms with E-state index in [9.17, 15) is 0 Å². The van der Waals surface area contributed by atoms with Gasteiger partial charge >= 0.3 is 0 Å². The molecule has 0 heterocycles. The molecular weight excluding hydrogens is 278 g/mol. The van der Waals surface area contributed by atoms with Crippen LogP contribution in [-0.4, -0.2) is 12.6 Å². The van der Waals surface area contributed by atoms with Gasteiger partial charge in [-0.3, -0.25) is 0 Å². The van der Waals surface area contributed by atoms with E-state index in [2.05, 4.69) is 47.7 Å². The van der Waals surface area contributed by atoms with Gasteiger partial charge in [0.2, 0.25) is 0 Å². The van der Waals surface area contributed by atoms with E-state index in [0.717, 1.165) is 27.9 Å². The van der Waals surface area contributed by atoms with Crippen molar-refractivity contribution in [2.45, 2.75) is 33.4 Å². The van der Waals surface area contributed by atoms with Crippen LogP contribution in [-0.2, 0) is 6.54 Å². The summed E-state index contributed by atoms with van der Waals surface area (Å²) in [6.45, 7) is 11.4. The summed E-state index contributed by atoms with van der Waals surface area (Å²) in [5.74, 6) is 0.921. The average Bonchev–Trinajstić information content (AvgIpc) is 2.24. The zero-order valence-corrected chi connectivity index (χ0v) is 12.3. The van der Waals surface area contributed by atoms with Crippen LogP contribution in [0.4, 0.5) is 0 Å². The number of nitrogens with one attached hydrogen (secondary N) is 1. The second-order valence-corrected chi connectivity index (χ2v) is 5.45. The quantitative estimate of drug-likeness (QED) is 0.804. The maximum absolute atomic E-state index is 5.73. The van der Waals surface area contributed by atoms with Crippen LogP contribution in [0.25, 0.3) is 0 Å². The lowest BCUT2D eigenvalue weighted by atomic mass is 10.2. The Hall–Kier alpha value is -0.800. The molecular formula is C14H20BrNO. The highest BCUT2D eigenvalue weighted by molar-refractivity contribution is 9.10. The largest absolute Gasteiger partial charge is 0.489 e. The molecule has 0 spiro atoms. The van der Waals surface area contributed by atoms with Gasteiger partial charge in [0.05, 0.1) is 0 Å². The normalized spacial score (nSPS) is 10.6. The number of ether oxygens (including phenoxy) is 1. The lowest BCUT2D eigenvalue weighted by molar-refractivity contribution is 0.347. The van der Waals surface area contributed by atoms with E-state index < -0.39 is 0 Å². The maximum atomic E-state index is 5.73. The fraction of sp³-hybridized carbons (Fsp3) is 0.429. The predicted molar refractivity (Wildman–Crippen MR) is 76.4 cm³/mol. The first kappa shape index (κ1) is 14.3. The van der Waals surface area contributed by atoms with Crippen LogP contribution < -0.4 is 10.1 Å². The van der Waals surface area contributed by atoms with Crippen LogP contribution in [0.15, 0.2) is 34.8 Å². The number of halogens is 1. The summed E-state index contributed by atoms with van der Waals surface area (Å²) in [7, 11) is 0. The molecule has 1 rings (SSSR count). The van der Waals surface area contributed by atoms with E-state index in [1.165, 1.54) is 0 Å². The van der Waals surface area contributed by atoms with Crippen molar-refractivity contribution < 1.29 is 4.74 Å². The van der Waals surface area contributed by atoms with Gasteiger partial charge in [0.15, 0.2) is 0 Å². The van der Waals surface area contributed by atoms with Gasteiger partial charge in [-0.05, 0) is 30.7 Å². The number of hydrogen-bond acceptors (Lipinski definition) is 2. The van der Waals surface area contributed by atoms with Crippen molar-refractivity contribution in [2.75, 3.05) is 6.61 Å². The topological polar surface area (TPSA) is 21.3 Å². The summed E-state index contributed by atoms with van der Waals surface area (Å²) in [6.07, 6.45) is 0. The Kier molecular flexibility index (Phi) is 5.72. The van der Waals surface area contributed by atoms with E-state index >= 15 is 0 Å². The van der Waals surface area contributed by atoms with Gasteiger partial charge in [0.1, 0.15) is 12.4 Å². The third-order valence-corrected chi connectivity index (χ3v) is 2.69. The fourth-order valence-corrected chi connectivity index (χ4v) is 1.75. The van der Waals surface area contributed by atoms with Crippen LogP contribution in [0.3, 0.4) is 0 Å². The molecule has 0 aliphatic heterocycles. The number of rotatable bonds is 6. The minimum Gasteiger partial charge on any atom is -0.489 e. The number of benzene rings is 1. The van der Waals surface area contributed by atoms with Crippen molar-refractivity contribution in [2.24, 2.45) is 0 Å². The van der Waals surface area contributed by atoms with Crippen LogP contribution in [0.2, 0.25) is 0 Å². The SMILES string of the molecule is C=C(C)COc1ccc(Br)cc1CNC(C)C. The smallest absolute Gasteiger partial charge is 0.124 e. The highest BCUT2D eigenvalue weighted by Gasteiger charge is 2.05. The molecule has 0 amide bonds. The number of hydrogen-bond donors (Lipinski definition) is 1. The highest BCUT2D eigenvalue weighted by atomic mass is 79.9. The van der Waals surface area contributed by atoms with Crippen LogP contribution in [0.5, 0.6) is 5.75 Å². The first-order valence-corrected chi connectivity index (χ1v) is 6.57. The summed E-state index contributed by atoms with van der Waals surface area (Å²) in [5.41, 5.74) is 2.19. The molecule has 0 fully saturated rings. The van der Waals surface area contributed by atoms with Gasteiger partial charge in [0.25, 0.3) is 0 Å². The van der Waals surface area contributed by atoms with Crippen molar-refractivity contribution in [3.63, 3.8) is 0 Å². The molecule has 0 radical (unpaired) electrons. The van der Waals surface area contributed by atoms with Crippen molar-refractivity contribution in [3.05, 3.63) is 40.4 Å². The molecule has 0 aliphatic rings. The summed E-state index contributed by atoms with van der Waals surface area (Å²) in [6, 6.07) is 6.53. The lowest BCUT2D eigenvalue weighted by Gasteiger charge is -2.14. The second kappa shape index (κ2) is 6.82. The Balaban J connectivity index is 2.76. The third-order valence-electron chi connectivity index (χ3n) is 2.20. The zero-order valence-electron chi connectivity index (χ0n) is 10.7. The first-order valence-electron chi connectivity index (χ1n) is 5.78. The average molecular weight is 298 g/mol. The van der Waals surface area contributed by atoms with E-state index in [-0.39, 0.29) is 0 Å². The second-order valence-electron chi connectivity index (χ2n) is 4.53. The van der Waals surface area contributed by atoms with Crippen LogP contribution in [0, 0.1) is 0 Å². The first-order chi connectivity index (χ1) is 7.99. The van der Waals surface area contributed by atoms with E-state index in [4.69, 9.17) is 4.74 Å². The van der Waals surface area contributed by atoms with Gasteiger partial charge in [-0.25, -0.2) is 0 Å². The molecule has 1 aromatic carbocycles. The molecule has 0 saturated heterocycles. The fourth-order valence-electron chi connectivity index (χ4n) is 1.34. The van der Waals surface area contributed by atoms with Crippen molar-refractivity contribution in [3.8, 4) is 5.75 Å². The lowest BCUT2D eigenvalue weighted by Crippen LogP contribution is -2.22. The molecule has 0 bridgehead atoms. The predicted octanol–water partition coefficient (Wildman–Crippen LogP) is 3.90. The molecule has 2 nitrogen and oxygen atoms in total. The molecule has 0 saturated carbocycles.